The van der Waals surface area contributed by atoms with E-state index in [1.807, 2.05) is 12.1 Å². The third-order valence-corrected chi connectivity index (χ3v) is 4.67. The van der Waals surface area contributed by atoms with Crippen molar-refractivity contribution in [1.82, 2.24) is 4.90 Å². The van der Waals surface area contributed by atoms with Gasteiger partial charge >= 0.3 is 5.97 Å². The maximum atomic E-state index is 11.0. The molecular formula is C15H18BrNO4. The molecule has 0 aliphatic carbocycles. The van der Waals surface area contributed by atoms with E-state index >= 15 is 0 Å². The number of carbonyl (C=O) groups is 1. The number of fused-ring (bicyclic) bond motifs is 1. The van der Waals surface area contributed by atoms with E-state index in [-0.39, 0.29) is 5.92 Å². The van der Waals surface area contributed by atoms with Gasteiger partial charge in [-0.25, -0.2) is 0 Å². The summed E-state index contributed by atoms with van der Waals surface area (Å²) in [5.41, 5.74) is 1.10. The van der Waals surface area contributed by atoms with Crippen molar-refractivity contribution >= 4 is 21.9 Å². The zero-order chi connectivity index (χ0) is 14.8. The highest BCUT2D eigenvalue weighted by Crippen LogP contribution is 2.36. The van der Waals surface area contributed by atoms with E-state index < -0.39 is 5.97 Å². The van der Waals surface area contributed by atoms with Gasteiger partial charge in [0.05, 0.1) is 19.1 Å². The van der Waals surface area contributed by atoms with Crippen LogP contribution in [0.3, 0.4) is 0 Å². The van der Waals surface area contributed by atoms with Gasteiger partial charge in [0.25, 0.3) is 0 Å². The second-order valence-electron chi connectivity index (χ2n) is 5.50. The van der Waals surface area contributed by atoms with Crippen LogP contribution in [-0.2, 0) is 11.3 Å². The molecule has 3 rings (SSSR count). The number of ether oxygens (including phenoxy) is 2. The van der Waals surface area contributed by atoms with Crippen molar-refractivity contribution in [3.63, 3.8) is 0 Å². The quantitative estimate of drug-likeness (QED) is 0.902. The number of aliphatic carboxylic acids is 1. The average Bonchev–Trinajstić information content (AvgIpc) is 2.80. The number of nitrogens with zero attached hydrogens (tertiary/aromatic N) is 1. The molecule has 1 aromatic rings. The summed E-state index contributed by atoms with van der Waals surface area (Å²) < 4.78 is 12.3. The SMILES string of the molecule is O=C(O)C1CCN(Cc2cc3c(cc2Br)OCCCO3)C1. The van der Waals surface area contributed by atoms with Crippen LogP contribution in [0.15, 0.2) is 16.6 Å². The summed E-state index contributed by atoms with van der Waals surface area (Å²) in [6.45, 7) is 3.49. The van der Waals surface area contributed by atoms with Crippen LogP contribution in [0.5, 0.6) is 11.5 Å². The molecule has 1 saturated heterocycles. The molecule has 21 heavy (non-hydrogen) atoms. The molecule has 1 aromatic carbocycles. The summed E-state index contributed by atoms with van der Waals surface area (Å²) >= 11 is 3.57. The van der Waals surface area contributed by atoms with Gasteiger partial charge in [0.2, 0.25) is 0 Å². The standard InChI is InChI=1S/C15H18BrNO4/c16-12-7-14-13(20-4-1-5-21-14)6-11(12)9-17-3-2-10(8-17)15(18)19/h6-7,10H,1-5,8-9H2,(H,18,19). The van der Waals surface area contributed by atoms with Gasteiger partial charge in [-0.1, -0.05) is 15.9 Å². The molecule has 5 nitrogen and oxygen atoms in total. The number of benzene rings is 1. The first-order valence-corrected chi connectivity index (χ1v) is 7.96. The Morgan fingerprint density at radius 3 is 2.71 bits per heavy atom. The second-order valence-corrected chi connectivity index (χ2v) is 6.35. The number of hydrogen-bond acceptors (Lipinski definition) is 4. The maximum Gasteiger partial charge on any atom is 0.307 e. The van der Waals surface area contributed by atoms with E-state index in [0.717, 1.165) is 47.5 Å². The molecule has 0 saturated carbocycles. The molecule has 114 valence electrons. The fraction of sp³-hybridized carbons (Fsp3) is 0.533. The largest absolute Gasteiger partial charge is 0.490 e. The minimum absolute atomic E-state index is 0.246. The van der Waals surface area contributed by atoms with Crippen molar-refractivity contribution in [3.05, 3.63) is 22.2 Å². The van der Waals surface area contributed by atoms with Gasteiger partial charge in [0.15, 0.2) is 11.5 Å². The van der Waals surface area contributed by atoms with Crippen molar-refractivity contribution in [3.8, 4) is 11.5 Å². The summed E-state index contributed by atoms with van der Waals surface area (Å²) in [7, 11) is 0. The van der Waals surface area contributed by atoms with E-state index in [4.69, 9.17) is 14.6 Å². The van der Waals surface area contributed by atoms with Crippen LogP contribution >= 0.6 is 15.9 Å². The van der Waals surface area contributed by atoms with Crippen LogP contribution in [0.25, 0.3) is 0 Å². The molecule has 1 unspecified atom stereocenters. The number of halogens is 1. The van der Waals surface area contributed by atoms with E-state index in [9.17, 15) is 4.79 Å². The van der Waals surface area contributed by atoms with Gasteiger partial charge in [-0.15, -0.1) is 0 Å². The first-order valence-electron chi connectivity index (χ1n) is 7.16. The minimum atomic E-state index is -0.699. The minimum Gasteiger partial charge on any atom is -0.490 e. The highest BCUT2D eigenvalue weighted by Gasteiger charge is 2.28. The predicted octanol–water partition coefficient (Wildman–Crippen LogP) is 2.52. The molecule has 1 atom stereocenters. The molecular weight excluding hydrogens is 338 g/mol. The van der Waals surface area contributed by atoms with Gasteiger partial charge in [-0.2, -0.15) is 0 Å². The fourth-order valence-corrected chi connectivity index (χ4v) is 3.21. The lowest BCUT2D eigenvalue weighted by Gasteiger charge is -2.18. The Kier molecular flexibility index (Phi) is 4.35. The molecule has 1 fully saturated rings. The predicted molar refractivity (Wildman–Crippen MR) is 80.8 cm³/mol. The average molecular weight is 356 g/mol. The lowest BCUT2D eigenvalue weighted by Crippen LogP contribution is -2.23. The van der Waals surface area contributed by atoms with Crippen molar-refractivity contribution in [2.75, 3.05) is 26.3 Å². The maximum absolute atomic E-state index is 11.0. The van der Waals surface area contributed by atoms with Crippen LogP contribution in [0.1, 0.15) is 18.4 Å². The highest BCUT2D eigenvalue weighted by atomic mass is 79.9. The summed E-state index contributed by atoms with van der Waals surface area (Å²) in [4.78, 5) is 13.2. The summed E-state index contributed by atoms with van der Waals surface area (Å²) in [6.07, 6.45) is 1.60. The number of likely N-dealkylation sites (tertiary alicyclic amines) is 1. The zero-order valence-electron chi connectivity index (χ0n) is 11.7. The van der Waals surface area contributed by atoms with E-state index in [1.54, 1.807) is 0 Å². The van der Waals surface area contributed by atoms with Crippen molar-refractivity contribution in [1.29, 1.82) is 0 Å². The highest BCUT2D eigenvalue weighted by molar-refractivity contribution is 9.10. The Balaban J connectivity index is 1.74. The van der Waals surface area contributed by atoms with Crippen molar-refractivity contribution in [2.24, 2.45) is 5.92 Å². The summed E-state index contributed by atoms with van der Waals surface area (Å²) in [6, 6.07) is 3.94. The van der Waals surface area contributed by atoms with Gasteiger partial charge in [-0.3, -0.25) is 9.69 Å². The molecule has 6 heteroatoms. The Bertz CT molecular complexity index is 549. The molecule has 1 N–H and O–H groups in total. The van der Waals surface area contributed by atoms with E-state index in [2.05, 4.69) is 20.8 Å². The lowest BCUT2D eigenvalue weighted by molar-refractivity contribution is -0.141. The smallest absolute Gasteiger partial charge is 0.307 e. The van der Waals surface area contributed by atoms with Crippen molar-refractivity contribution < 1.29 is 19.4 Å². The molecule has 2 aliphatic rings. The first kappa shape index (κ1) is 14.7. The lowest BCUT2D eigenvalue weighted by atomic mass is 10.1. The number of rotatable bonds is 3. The normalized spacial score (nSPS) is 22.0. The molecule has 2 aliphatic heterocycles. The molecule has 0 radical (unpaired) electrons. The summed E-state index contributed by atoms with van der Waals surface area (Å²) in [5, 5.41) is 9.07. The van der Waals surface area contributed by atoms with Gasteiger partial charge in [-0.05, 0) is 30.7 Å². The Morgan fingerprint density at radius 2 is 2.05 bits per heavy atom. The van der Waals surface area contributed by atoms with E-state index in [0.29, 0.717) is 19.8 Å². The third kappa shape index (κ3) is 3.32. The third-order valence-electron chi connectivity index (χ3n) is 3.93. The van der Waals surface area contributed by atoms with Gasteiger partial charge < -0.3 is 14.6 Å². The number of carboxylic acid groups (broad SMARTS) is 1. The van der Waals surface area contributed by atoms with Crippen molar-refractivity contribution in [2.45, 2.75) is 19.4 Å². The topological polar surface area (TPSA) is 59.0 Å². The van der Waals surface area contributed by atoms with Crippen LogP contribution in [0.2, 0.25) is 0 Å². The van der Waals surface area contributed by atoms with Gasteiger partial charge in [0.1, 0.15) is 0 Å². The first-order chi connectivity index (χ1) is 10.1. The molecule has 0 aromatic heterocycles. The molecule has 0 bridgehead atoms. The summed E-state index contributed by atoms with van der Waals surface area (Å²) in [5.74, 6) is 0.604. The monoisotopic (exact) mass is 355 g/mol. The zero-order valence-corrected chi connectivity index (χ0v) is 13.3. The van der Waals surface area contributed by atoms with Crippen LogP contribution in [0, 0.1) is 5.92 Å². The number of hydrogen-bond donors (Lipinski definition) is 1. The van der Waals surface area contributed by atoms with Crippen LogP contribution < -0.4 is 9.47 Å². The van der Waals surface area contributed by atoms with Gasteiger partial charge in [0, 0.05) is 24.0 Å². The fourth-order valence-electron chi connectivity index (χ4n) is 2.77. The number of carboxylic acids is 1. The molecule has 0 spiro atoms. The Hall–Kier alpha value is -1.27. The molecule has 0 amide bonds. The Morgan fingerprint density at radius 1 is 1.33 bits per heavy atom. The second kappa shape index (κ2) is 6.23. The van der Waals surface area contributed by atoms with Crippen LogP contribution in [0.4, 0.5) is 0 Å². The molecule has 2 heterocycles. The Labute approximate surface area is 132 Å². The van der Waals surface area contributed by atoms with Crippen LogP contribution in [-0.4, -0.2) is 42.3 Å². The van der Waals surface area contributed by atoms with E-state index in [1.165, 1.54) is 0 Å².